The second kappa shape index (κ2) is 6.82. The zero-order chi connectivity index (χ0) is 13.5. The van der Waals surface area contributed by atoms with Crippen LogP contribution in [0.4, 0.5) is 0 Å². The van der Waals surface area contributed by atoms with E-state index in [-0.39, 0.29) is 25.4 Å². The third-order valence-corrected chi connectivity index (χ3v) is 2.76. The van der Waals surface area contributed by atoms with Gasteiger partial charge in [-0.05, 0) is 17.7 Å². The largest absolute Gasteiger partial charge is 0.480 e. The monoisotopic (exact) mass is 309 g/mol. The Morgan fingerprint density at radius 3 is 2.44 bits per heavy atom. The molecule has 0 spiro atoms. The van der Waals surface area contributed by atoms with Crippen LogP contribution in [-0.2, 0) is 16.0 Å². The minimum Gasteiger partial charge on any atom is -0.480 e. The third kappa shape index (κ3) is 4.60. The van der Waals surface area contributed by atoms with Crippen LogP contribution in [0.2, 0.25) is 0 Å². The number of nitrogens with zero attached hydrogens (tertiary/aromatic N) is 1. The second-order valence-electron chi connectivity index (χ2n) is 3.65. The summed E-state index contributed by atoms with van der Waals surface area (Å²) in [5.41, 5.74) is 0.815. The highest BCUT2D eigenvalue weighted by Crippen LogP contribution is 2.11. The molecule has 94 valence electrons. The predicted octanol–water partition coefficient (Wildman–Crippen LogP) is 1.54. The first-order valence-electron chi connectivity index (χ1n) is 5.20. The molecule has 0 saturated carbocycles. The van der Waals surface area contributed by atoms with Crippen LogP contribution in [0.15, 0.2) is 28.7 Å². The summed E-state index contributed by atoms with van der Waals surface area (Å²) in [7, 11) is 0. The number of benzene rings is 1. The van der Waals surface area contributed by atoms with Gasteiger partial charge in [0.15, 0.2) is 0 Å². The molecule has 1 amide bonds. The molecule has 0 aromatic heterocycles. The Morgan fingerprint density at radius 2 is 1.94 bits per heavy atom. The minimum atomic E-state index is -1.07. The lowest BCUT2D eigenvalue weighted by Crippen LogP contribution is -2.36. The molecule has 0 saturated heterocycles. The number of terminal acetylenes is 1. The number of carbonyl (C=O) groups is 2. The van der Waals surface area contributed by atoms with E-state index in [1.165, 1.54) is 0 Å². The SMILES string of the molecule is C#CCN(CC(=O)O)C(=O)Cc1ccc(Br)cc1. The van der Waals surface area contributed by atoms with Crippen LogP contribution in [0.1, 0.15) is 5.56 Å². The highest BCUT2D eigenvalue weighted by molar-refractivity contribution is 9.10. The van der Waals surface area contributed by atoms with E-state index < -0.39 is 5.97 Å². The number of aliphatic carboxylic acids is 1. The van der Waals surface area contributed by atoms with E-state index >= 15 is 0 Å². The van der Waals surface area contributed by atoms with Gasteiger partial charge in [-0.1, -0.05) is 34.0 Å². The lowest BCUT2D eigenvalue weighted by Gasteiger charge is -2.17. The summed E-state index contributed by atoms with van der Waals surface area (Å²) >= 11 is 3.30. The van der Waals surface area contributed by atoms with Gasteiger partial charge in [0.1, 0.15) is 6.54 Å². The number of rotatable bonds is 5. The Bertz CT molecular complexity index is 476. The maximum absolute atomic E-state index is 11.9. The van der Waals surface area contributed by atoms with Gasteiger partial charge in [0, 0.05) is 4.47 Å². The molecule has 0 heterocycles. The van der Waals surface area contributed by atoms with E-state index in [4.69, 9.17) is 11.5 Å². The molecule has 18 heavy (non-hydrogen) atoms. The Balaban J connectivity index is 2.69. The zero-order valence-electron chi connectivity index (χ0n) is 9.60. The highest BCUT2D eigenvalue weighted by atomic mass is 79.9. The first-order valence-corrected chi connectivity index (χ1v) is 5.99. The second-order valence-corrected chi connectivity index (χ2v) is 4.57. The Kier molecular flexibility index (Phi) is 5.40. The summed E-state index contributed by atoms with van der Waals surface area (Å²) in [6.45, 7) is -0.374. The molecule has 0 aliphatic rings. The van der Waals surface area contributed by atoms with Crippen molar-refractivity contribution < 1.29 is 14.7 Å². The summed E-state index contributed by atoms with van der Waals surface area (Å²) in [5, 5.41) is 8.69. The molecule has 0 radical (unpaired) electrons. The van der Waals surface area contributed by atoms with E-state index in [1.807, 2.05) is 12.1 Å². The van der Waals surface area contributed by atoms with E-state index in [0.29, 0.717) is 0 Å². The van der Waals surface area contributed by atoms with Gasteiger partial charge < -0.3 is 10.0 Å². The zero-order valence-corrected chi connectivity index (χ0v) is 11.2. The molecule has 1 N–H and O–H groups in total. The fourth-order valence-electron chi connectivity index (χ4n) is 1.39. The summed E-state index contributed by atoms with van der Waals surface area (Å²) < 4.78 is 0.921. The average Bonchev–Trinajstić information content (AvgIpc) is 2.31. The molecule has 0 aliphatic carbocycles. The van der Waals surface area contributed by atoms with E-state index in [1.54, 1.807) is 12.1 Å². The van der Waals surface area contributed by atoms with Gasteiger partial charge in [0.25, 0.3) is 0 Å². The molecule has 1 rings (SSSR count). The molecule has 5 heteroatoms. The number of hydrogen-bond acceptors (Lipinski definition) is 2. The van der Waals surface area contributed by atoms with Gasteiger partial charge in [-0.3, -0.25) is 9.59 Å². The number of amides is 1. The molecule has 0 unspecified atom stereocenters. The number of carboxylic acid groups (broad SMARTS) is 1. The summed E-state index contributed by atoms with van der Waals surface area (Å²) in [5.74, 6) is 0.915. The van der Waals surface area contributed by atoms with Crippen LogP contribution < -0.4 is 0 Å². The summed E-state index contributed by atoms with van der Waals surface area (Å²) in [6, 6.07) is 7.25. The van der Waals surface area contributed by atoms with Crippen molar-refractivity contribution in [1.82, 2.24) is 4.90 Å². The van der Waals surface area contributed by atoms with Crippen molar-refractivity contribution in [2.45, 2.75) is 6.42 Å². The predicted molar refractivity (Wildman–Crippen MR) is 70.9 cm³/mol. The van der Waals surface area contributed by atoms with E-state index in [9.17, 15) is 9.59 Å². The molecule has 0 fully saturated rings. The van der Waals surface area contributed by atoms with Gasteiger partial charge in [-0.15, -0.1) is 6.42 Å². The molecular formula is C13H12BrNO3. The van der Waals surface area contributed by atoms with Crippen molar-refractivity contribution in [1.29, 1.82) is 0 Å². The first kappa shape index (κ1) is 14.3. The van der Waals surface area contributed by atoms with Crippen molar-refractivity contribution in [3.8, 4) is 12.3 Å². The van der Waals surface area contributed by atoms with Crippen LogP contribution in [-0.4, -0.2) is 35.0 Å². The highest BCUT2D eigenvalue weighted by Gasteiger charge is 2.15. The van der Waals surface area contributed by atoms with Gasteiger partial charge >= 0.3 is 5.97 Å². The van der Waals surface area contributed by atoms with Crippen LogP contribution >= 0.6 is 15.9 Å². The summed E-state index contributed by atoms with van der Waals surface area (Å²) in [6.07, 6.45) is 5.25. The Labute approximate surface area is 114 Å². The van der Waals surface area contributed by atoms with E-state index in [2.05, 4.69) is 21.9 Å². The topological polar surface area (TPSA) is 57.6 Å². The first-order chi connectivity index (χ1) is 8.52. The van der Waals surface area contributed by atoms with Crippen LogP contribution in [0, 0.1) is 12.3 Å². The maximum Gasteiger partial charge on any atom is 0.323 e. The molecule has 0 atom stereocenters. The lowest BCUT2D eigenvalue weighted by atomic mass is 10.1. The minimum absolute atomic E-state index is 0.00165. The number of carbonyl (C=O) groups excluding carboxylic acids is 1. The number of carboxylic acids is 1. The lowest BCUT2D eigenvalue weighted by molar-refractivity contribution is -0.143. The van der Waals surface area contributed by atoms with Gasteiger partial charge in [-0.25, -0.2) is 0 Å². The van der Waals surface area contributed by atoms with Crippen molar-refractivity contribution in [3.05, 3.63) is 34.3 Å². The Hall–Kier alpha value is -1.80. The van der Waals surface area contributed by atoms with Crippen molar-refractivity contribution >= 4 is 27.8 Å². The van der Waals surface area contributed by atoms with Crippen LogP contribution in [0.5, 0.6) is 0 Å². The smallest absolute Gasteiger partial charge is 0.323 e. The quantitative estimate of drug-likeness (QED) is 0.839. The van der Waals surface area contributed by atoms with Crippen LogP contribution in [0.25, 0.3) is 0 Å². The average molecular weight is 310 g/mol. The standard InChI is InChI=1S/C13H12BrNO3/c1-2-7-15(9-13(17)18)12(16)8-10-3-5-11(14)6-4-10/h1,3-6H,7-9H2,(H,17,18). The van der Waals surface area contributed by atoms with Gasteiger partial charge in [0.05, 0.1) is 13.0 Å². The maximum atomic E-state index is 11.9. The van der Waals surface area contributed by atoms with E-state index in [0.717, 1.165) is 14.9 Å². The summed E-state index contributed by atoms with van der Waals surface area (Å²) in [4.78, 5) is 23.6. The van der Waals surface area contributed by atoms with Gasteiger partial charge in [-0.2, -0.15) is 0 Å². The fraction of sp³-hybridized carbons (Fsp3) is 0.231. The molecule has 0 aliphatic heterocycles. The van der Waals surface area contributed by atoms with Gasteiger partial charge in [0.2, 0.25) is 5.91 Å². The molecule has 4 nitrogen and oxygen atoms in total. The molecule has 0 bridgehead atoms. The number of hydrogen-bond donors (Lipinski definition) is 1. The molecule has 1 aromatic rings. The van der Waals surface area contributed by atoms with Crippen molar-refractivity contribution in [2.75, 3.05) is 13.1 Å². The molecule has 1 aromatic carbocycles. The Morgan fingerprint density at radius 1 is 1.33 bits per heavy atom. The van der Waals surface area contributed by atoms with Crippen molar-refractivity contribution in [2.24, 2.45) is 0 Å². The van der Waals surface area contributed by atoms with Crippen LogP contribution in [0.3, 0.4) is 0 Å². The number of halogens is 1. The van der Waals surface area contributed by atoms with Crippen molar-refractivity contribution in [3.63, 3.8) is 0 Å². The normalized spacial score (nSPS) is 9.56. The fourth-order valence-corrected chi connectivity index (χ4v) is 1.66. The third-order valence-electron chi connectivity index (χ3n) is 2.23. The molecular weight excluding hydrogens is 298 g/mol.